The largest absolute Gasteiger partial charge is 0.496 e. The van der Waals surface area contributed by atoms with Crippen molar-refractivity contribution in [3.05, 3.63) is 133 Å². The Hall–Kier alpha value is -3.41. The number of hydrogen-bond donors (Lipinski definition) is 0. The molecule has 0 N–H and O–H groups in total. The standard InChI is InChI=1S/C30H26OP/c1-31-30-22-21-24-13-11-12-20-28(24)29(30)23-32(25-14-5-2-6-15-25,26-16-7-3-8-17-26)27-18-9-4-10-19-27/h2-22H,23H2,1H3/q+1. The average Bonchev–Trinajstić information content (AvgIpc) is 2.89. The van der Waals surface area contributed by atoms with Gasteiger partial charge in [-0.05, 0) is 53.2 Å². The zero-order valence-electron chi connectivity index (χ0n) is 18.2. The van der Waals surface area contributed by atoms with E-state index in [2.05, 4.69) is 127 Å². The Morgan fingerprint density at radius 1 is 0.531 bits per heavy atom. The Labute approximate surface area is 190 Å². The van der Waals surface area contributed by atoms with E-state index in [1.807, 2.05) is 0 Å². The smallest absolute Gasteiger partial charge is 0.126 e. The fourth-order valence-corrected chi connectivity index (χ4v) is 8.96. The quantitative estimate of drug-likeness (QED) is 0.284. The zero-order valence-corrected chi connectivity index (χ0v) is 19.1. The van der Waals surface area contributed by atoms with Gasteiger partial charge < -0.3 is 4.74 Å². The van der Waals surface area contributed by atoms with Gasteiger partial charge in [-0.15, -0.1) is 0 Å². The predicted octanol–water partition coefficient (Wildman–Crippen LogP) is 6.34. The molecule has 5 aromatic rings. The molecule has 0 aliphatic heterocycles. The Bertz CT molecular complexity index is 1220. The summed E-state index contributed by atoms with van der Waals surface area (Å²) in [5, 5.41) is 6.65. The van der Waals surface area contributed by atoms with Crippen LogP contribution < -0.4 is 20.7 Å². The van der Waals surface area contributed by atoms with Gasteiger partial charge in [-0.1, -0.05) is 84.9 Å². The highest BCUT2D eigenvalue weighted by Gasteiger charge is 2.46. The molecule has 0 amide bonds. The van der Waals surface area contributed by atoms with Crippen molar-refractivity contribution in [2.24, 2.45) is 0 Å². The number of hydrogen-bond acceptors (Lipinski definition) is 1. The van der Waals surface area contributed by atoms with Crippen LogP contribution in [-0.4, -0.2) is 7.11 Å². The van der Waals surface area contributed by atoms with Crippen LogP contribution in [0.15, 0.2) is 127 Å². The summed E-state index contributed by atoms with van der Waals surface area (Å²) in [7, 11) is -0.221. The molecule has 0 fully saturated rings. The number of rotatable bonds is 6. The second-order valence-corrected chi connectivity index (χ2v) is 11.4. The minimum absolute atomic E-state index is 0.898. The summed E-state index contributed by atoms with van der Waals surface area (Å²) in [4.78, 5) is 0. The molecule has 0 aliphatic carbocycles. The lowest BCUT2D eigenvalue weighted by atomic mass is 10.0. The normalized spacial score (nSPS) is 11.4. The molecule has 5 rings (SSSR count). The highest BCUT2D eigenvalue weighted by Crippen LogP contribution is 2.59. The molecule has 156 valence electrons. The van der Waals surface area contributed by atoms with Crippen molar-refractivity contribution in [1.29, 1.82) is 0 Å². The average molecular weight is 434 g/mol. The summed E-state index contributed by atoms with van der Waals surface area (Å²) < 4.78 is 5.92. The van der Waals surface area contributed by atoms with Crippen molar-refractivity contribution in [1.82, 2.24) is 0 Å². The number of benzene rings is 5. The van der Waals surface area contributed by atoms with Gasteiger partial charge >= 0.3 is 0 Å². The summed E-state index contributed by atoms with van der Waals surface area (Å²) in [5.41, 5.74) is 1.27. The van der Waals surface area contributed by atoms with Gasteiger partial charge in [0.25, 0.3) is 0 Å². The highest BCUT2D eigenvalue weighted by atomic mass is 31.2. The number of methoxy groups -OCH3 is 1. The Kier molecular flexibility index (Phi) is 5.75. The fourth-order valence-electron chi connectivity index (χ4n) is 4.68. The lowest BCUT2D eigenvalue weighted by Crippen LogP contribution is -2.32. The van der Waals surface area contributed by atoms with Crippen LogP contribution in [0.3, 0.4) is 0 Å². The third-order valence-corrected chi connectivity index (χ3v) is 10.5. The second kappa shape index (κ2) is 8.99. The van der Waals surface area contributed by atoms with Crippen LogP contribution in [0.5, 0.6) is 5.75 Å². The van der Waals surface area contributed by atoms with E-state index >= 15 is 0 Å². The van der Waals surface area contributed by atoms with Crippen LogP contribution in [0.4, 0.5) is 0 Å². The molecule has 0 aromatic heterocycles. The van der Waals surface area contributed by atoms with Gasteiger partial charge in [0.2, 0.25) is 0 Å². The first kappa shape index (κ1) is 20.5. The molecule has 0 saturated heterocycles. The van der Waals surface area contributed by atoms with Gasteiger partial charge in [-0.3, -0.25) is 0 Å². The van der Waals surface area contributed by atoms with Crippen LogP contribution >= 0.6 is 7.26 Å². The van der Waals surface area contributed by atoms with E-state index in [0.717, 1.165) is 11.9 Å². The van der Waals surface area contributed by atoms with Crippen LogP contribution in [-0.2, 0) is 6.16 Å². The maximum Gasteiger partial charge on any atom is 0.126 e. The Morgan fingerprint density at radius 2 is 1.00 bits per heavy atom. The molecule has 5 aromatic carbocycles. The zero-order chi connectivity index (χ0) is 21.8. The first-order valence-electron chi connectivity index (χ1n) is 10.9. The molecule has 0 saturated carbocycles. The molecule has 0 bridgehead atoms. The van der Waals surface area contributed by atoms with Crippen LogP contribution in [0, 0.1) is 0 Å². The Balaban J connectivity index is 1.85. The minimum atomic E-state index is -2.00. The van der Waals surface area contributed by atoms with Gasteiger partial charge in [-0.2, -0.15) is 0 Å². The van der Waals surface area contributed by atoms with Crippen LogP contribution in [0.2, 0.25) is 0 Å². The van der Waals surface area contributed by atoms with E-state index in [1.54, 1.807) is 7.11 Å². The molecule has 0 spiro atoms. The second-order valence-electron chi connectivity index (χ2n) is 7.94. The maximum atomic E-state index is 5.92. The van der Waals surface area contributed by atoms with Gasteiger partial charge in [0.05, 0.1) is 7.11 Å². The summed E-state index contributed by atoms with van der Waals surface area (Å²) in [6.07, 6.45) is 0.898. The topological polar surface area (TPSA) is 9.23 Å². The van der Waals surface area contributed by atoms with E-state index < -0.39 is 7.26 Å². The number of fused-ring (bicyclic) bond motifs is 1. The minimum Gasteiger partial charge on any atom is -0.496 e. The molecule has 0 heterocycles. The summed E-state index contributed by atoms with van der Waals surface area (Å²) in [5.74, 6) is 0.955. The summed E-state index contributed by atoms with van der Waals surface area (Å²) in [6.45, 7) is 0. The van der Waals surface area contributed by atoms with Gasteiger partial charge in [0.1, 0.15) is 35.1 Å². The Morgan fingerprint density at radius 3 is 1.50 bits per heavy atom. The van der Waals surface area contributed by atoms with Gasteiger partial charge in [0.15, 0.2) is 0 Å². The molecule has 32 heavy (non-hydrogen) atoms. The fraction of sp³-hybridized carbons (Fsp3) is 0.0667. The van der Waals surface area contributed by atoms with Crippen molar-refractivity contribution in [3.63, 3.8) is 0 Å². The molecule has 0 aliphatic rings. The monoisotopic (exact) mass is 433 g/mol. The van der Waals surface area contributed by atoms with E-state index in [9.17, 15) is 0 Å². The lowest BCUT2D eigenvalue weighted by Gasteiger charge is -2.29. The molecule has 0 radical (unpaired) electrons. The van der Waals surface area contributed by atoms with E-state index in [1.165, 1.54) is 32.2 Å². The van der Waals surface area contributed by atoms with Crippen LogP contribution in [0.25, 0.3) is 10.8 Å². The molecule has 0 atom stereocenters. The third kappa shape index (κ3) is 3.60. The molecule has 2 heteroatoms. The van der Waals surface area contributed by atoms with Crippen molar-refractivity contribution in [3.8, 4) is 5.75 Å². The van der Waals surface area contributed by atoms with Gasteiger partial charge in [-0.25, -0.2) is 0 Å². The van der Waals surface area contributed by atoms with E-state index in [-0.39, 0.29) is 0 Å². The lowest BCUT2D eigenvalue weighted by molar-refractivity contribution is 0.412. The first-order chi connectivity index (χ1) is 15.8. The molecular weight excluding hydrogens is 407 g/mol. The highest BCUT2D eigenvalue weighted by molar-refractivity contribution is 7.95. The van der Waals surface area contributed by atoms with E-state index in [0.29, 0.717) is 0 Å². The SMILES string of the molecule is COc1ccc2ccccc2c1C[P+](c1ccccc1)(c1ccccc1)c1ccccc1. The van der Waals surface area contributed by atoms with Crippen molar-refractivity contribution >= 4 is 33.9 Å². The summed E-state index contributed by atoms with van der Waals surface area (Å²) in [6, 6.07) is 46.0. The van der Waals surface area contributed by atoms with Crippen molar-refractivity contribution in [2.75, 3.05) is 7.11 Å². The predicted molar refractivity (Wildman–Crippen MR) is 139 cm³/mol. The maximum absolute atomic E-state index is 5.92. The molecule has 0 unspecified atom stereocenters. The molecule has 1 nitrogen and oxygen atoms in total. The van der Waals surface area contributed by atoms with Crippen molar-refractivity contribution in [2.45, 2.75) is 6.16 Å². The molecular formula is C30H26OP+. The van der Waals surface area contributed by atoms with E-state index in [4.69, 9.17) is 4.74 Å². The van der Waals surface area contributed by atoms with Crippen LogP contribution in [0.1, 0.15) is 5.56 Å². The third-order valence-electron chi connectivity index (χ3n) is 6.20. The van der Waals surface area contributed by atoms with Crippen molar-refractivity contribution < 1.29 is 4.74 Å². The summed E-state index contributed by atoms with van der Waals surface area (Å²) >= 11 is 0. The first-order valence-corrected chi connectivity index (χ1v) is 12.9. The number of ether oxygens (including phenoxy) is 1. The van der Waals surface area contributed by atoms with Gasteiger partial charge in [0, 0.05) is 5.56 Å².